The maximum absolute atomic E-state index is 13.0. The van der Waals surface area contributed by atoms with Crippen molar-refractivity contribution in [3.05, 3.63) is 42.2 Å². The van der Waals surface area contributed by atoms with Gasteiger partial charge in [0, 0.05) is 25.0 Å². The van der Waals surface area contributed by atoms with Crippen molar-refractivity contribution in [2.24, 2.45) is 0 Å². The summed E-state index contributed by atoms with van der Waals surface area (Å²) in [6, 6.07) is 1.59. The van der Waals surface area contributed by atoms with Gasteiger partial charge in [0.2, 0.25) is 0 Å². The molecule has 0 fully saturated rings. The van der Waals surface area contributed by atoms with Crippen molar-refractivity contribution in [2.75, 3.05) is 6.54 Å². The van der Waals surface area contributed by atoms with Crippen LogP contribution in [0.15, 0.2) is 30.9 Å². The highest BCUT2D eigenvalue weighted by atomic mass is 19.1. The monoisotopic (exact) mass is 249 g/mol. The molecule has 0 amide bonds. The Morgan fingerprint density at radius 2 is 2.33 bits per heavy atom. The lowest BCUT2D eigenvalue weighted by Gasteiger charge is -2.13. The highest BCUT2D eigenvalue weighted by Gasteiger charge is 2.05. The van der Waals surface area contributed by atoms with E-state index in [-0.39, 0.29) is 11.9 Å². The fourth-order valence-electron chi connectivity index (χ4n) is 1.69. The van der Waals surface area contributed by atoms with Crippen LogP contribution in [0, 0.1) is 5.82 Å². The van der Waals surface area contributed by atoms with E-state index in [9.17, 15) is 4.39 Å². The van der Waals surface area contributed by atoms with Gasteiger partial charge in [-0.05, 0) is 31.5 Å². The number of nitrogens with one attached hydrogen (secondary N) is 1. The zero-order valence-corrected chi connectivity index (χ0v) is 10.3. The van der Waals surface area contributed by atoms with Gasteiger partial charge in [-0.15, -0.1) is 5.10 Å². The molecule has 1 atom stereocenters. The molecule has 2 rings (SSSR count). The Bertz CT molecular complexity index is 471. The van der Waals surface area contributed by atoms with Crippen LogP contribution in [0.25, 0.3) is 0 Å². The van der Waals surface area contributed by atoms with Crippen molar-refractivity contribution in [2.45, 2.75) is 25.9 Å². The van der Waals surface area contributed by atoms with Crippen LogP contribution in [-0.2, 0) is 6.54 Å². The second kappa shape index (κ2) is 6.20. The molecule has 0 aliphatic heterocycles. The molecule has 96 valence electrons. The molecule has 0 aromatic carbocycles. The maximum Gasteiger partial charge on any atom is 0.141 e. The molecular formula is C12H16FN5. The predicted octanol–water partition coefficient (Wildman–Crippen LogP) is 1.55. The Morgan fingerprint density at radius 1 is 1.44 bits per heavy atom. The van der Waals surface area contributed by atoms with Crippen LogP contribution in [0.3, 0.4) is 0 Å². The Morgan fingerprint density at radius 3 is 3.06 bits per heavy atom. The minimum Gasteiger partial charge on any atom is -0.310 e. The summed E-state index contributed by atoms with van der Waals surface area (Å²) in [5.41, 5.74) is 0.857. The number of aryl methyl sites for hydroxylation is 1. The summed E-state index contributed by atoms with van der Waals surface area (Å²) in [7, 11) is 0. The first-order valence-corrected chi connectivity index (χ1v) is 5.93. The summed E-state index contributed by atoms with van der Waals surface area (Å²) in [6.07, 6.45) is 7.32. The Kier molecular flexibility index (Phi) is 4.35. The first-order chi connectivity index (χ1) is 8.75. The molecule has 2 aromatic rings. The Hall–Kier alpha value is -1.82. The van der Waals surface area contributed by atoms with Crippen LogP contribution in [0.1, 0.15) is 24.9 Å². The summed E-state index contributed by atoms with van der Waals surface area (Å²) in [4.78, 5) is 3.84. The molecule has 0 spiro atoms. The number of rotatable bonds is 6. The molecular weight excluding hydrogens is 233 g/mol. The Balaban J connectivity index is 1.73. The van der Waals surface area contributed by atoms with Crippen molar-refractivity contribution >= 4 is 0 Å². The molecule has 0 aliphatic rings. The van der Waals surface area contributed by atoms with E-state index in [0.717, 1.165) is 25.1 Å². The van der Waals surface area contributed by atoms with Crippen LogP contribution in [0.2, 0.25) is 0 Å². The molecule has 0 radical (unpaired) electrons. The van der Waals surface area contributed by atoms with Crippen molar-refractivity contribution < 1.29 is 4.39 Å². The molecule has 2 aromatic heterocycles. The lowest BCUT2D eigenvalue weighted by Crippen LogP contribution is -2.21. The Labute approximate surface area is 105 Å². The maximum atomic E-state index is 13.0. The van der Waals surface area contributed by atoms with Crippen LogP contribution < -0.4 is 5.32 Å². The first kappa shape index (κ1) is 12.6. The number of hydrogen-bond donors (Lipinski definition) is 1. The van der Waals surface area contributed by atoms with Gasteiger partial charge in [0.1, 0.15) is 5.82 Å². The molecule has 0 saturated carbocycles. The molecule has 1 unspecified atom stereocenters. The molecule has 0 saturated heterocycles. The molecule has 2 heterocycles. The lowest BCUT2D eigenvalue weighted by atomic mass is 10.1. The van der Waals surface area contributed by atoms with Crippen molar-refractivity contribution in [3.63, 3.8) is 0 Å². The van der Waals surface area contributed by atoms with E-state index in [1.807, 2.05) is 13.1 Å². The molecule has 0 bridgehead atoms. The van der Waals surface area contributed by atoms with Gasteiger partial charge in [0.25, 0.3) is 0 Å². The predicted molar refractivity (Wildman–Crippen MR) is 65.3 cm³/mol. The second-order valence-electron chi connectivity index (χ2n) is 4.13. The van der Waals surface area contributed by atoms with Crippen molar-refractivity contribution in [1.82, 2.24) is 25.3 Å². The highest BCUT2D eigenvalue weighted by Crippen LogP contribution is 2.11. The number of pyridine rings is 1. The molecule has 6 heteroatoms. The third-order valence-corrected chi connectivity index (χ3v) is 2.71. The third kappa shape index (κ3) is 3.59. The fourth-order valence-corrected chi connectivity index (χ4v) is 1.69. The fraction of sp³-hybridized carbons (Fsp3) is 0.417. The topological polar surface area (TPSA) is 55.6 Å². The number of aromatic nitrogens is 4. The van der Waals surface area contributed by atoms with Gasteiger partial charge in [-0.25, -0.2) is 4.39 Å². The second-order valence-corrected chi connectivity index (χ2v) is 4.13. The van der Waals surface area contributed by atoms with E-state index in [1.165, 1.54) is 12.3 Å². The normalized spacial score (nSPS) is 12.6. The van der Waals surface area contributed by atoms with Crippen LogP contribution in [0.4, 0.5) is 4.39 Å². The molecule has 1 N–H and O–H groups in total. The summed E-state index contributed by atoms with van der Waals surface area (Å²) < 4.78 is 14.8. The summed E-state index contributed by atoms with van der Waals surface area (Å²) in [5, 5.41) is 10.9. The van der Waals surface area contributed by atoms with Gasteiger partial charge in [-0.3, -0.25) is 9.67 Å². The minimum atomic E-state index is -0.302. The minimum absolute atomic E-state index is 0.0870. The van der Waals surface area contributed by atoms with Gasteiger partial charge in [0.05, 0.1) is 12.4 Å². The van der Waals surface area contributed by atoms with E-state index in [1.54, 1.807) is 17.1 Å². The quantitative estimate of drug-likeness (QED) is 0.789. The molecule has 5 nitrogen and oxygen atoms in total. The first-order valence-electron chi connectivity index (χ1n) is 5.93. The third-order valence-electron chi connectivity index (χ3n) is 2.71. The molecule has 0 aliphatic carbocycles. The number of hydrogen-bond acceptors (Lipinski definition) is 4. The lowest BCUT2D eigenvalue weighted by molar-refractivity contribution is 0.497. The van der Waals surface area contributed by atoms with E-state index >= 15 is 0 Å². The van der Waals surface area contributed by atoms with Gasteiger partial charge in [-0.1, -0.05) is 5.21 Å². The zero-order chi connectivity index (χ0) is 12.8. The van der Waals surface area contributed by atoms with E-state index < -0.39 is 0 Å². The zero-order valence-electron chi connectivity index (χ0n) is 10.3. The van der Waals surface area contributed by atoms with E-state index in [2.05, 4.69) is 20.6 Å². The summed E-state index contributed by atoms with van der Waals surface area (Å²) in [5.74, 6) is -0.302. The average Bonchev–Trinajstić information content (AvgIpc) is 2.87. The van der Waals surface area contributed by atoms with E-state index in [0.29, 0.717) is 0 Å². The van der Waals surface area contributed by atoms with Crippen molar-refractivity contribution in [1.29, 1.82) is 0 Å². The van der Waals surface area contributed by atoms with Crippen molar-refractivity contribution in [3.8, 4) is 0 Å². The van der Waals surface area contributed by atoms with E-state index in [4.69, 9.17) is 0 Å². The van der Waals surface area contributed by atoms with Crippen LogP contribution >= 0.6 is 0 Å². The standard InChI is InChI=1S/C12H16FN5/c1-10(11-7-12(13)9-14-8-11)15-3-2-5-18-6-4-16-17-18/h4,6-10,15H,2-3,5H2,1H3. The van der Waals surface area contributed by atoms with Gasteiger partial charge in [-0.2, -0.15) is 0 Å². The van der Waals surface area contributed by atoms with Crippen LogP contribution in [0.5, 0.6) is 0 Å². The number of nitrogens with zero attached hydrogens (tertiary/aromatic N) is 4. The SMILES string of the molecule is CC(NCCCn1ccnn1)c1cncc(F)c1. The number of halogens is 1. The highest BCUT2D eigenvalue weighted by molar-refractivity contribution is 5.14. The van der Waals surface area contributed by atoms with Gasteiger partial charge < -0.3 is 5.32 Å². The molecule has 18 heavy (non-hydrogen) atoms. The summed E-state index contributed by atoms with van der Waals surface area (Å²) in [6.45, 7) is 3.64. The van der Waals surface area contributed by atoms with Gasteiger partial charge in [0.15, 0.2) is 0 Å². The largest absolute Gasteiger partial charge is 0.310 e. The summed E-state index contributed by atoms with van der Waals surface area (Å²) >= 11 is 0. The van der Waals surface area contributed by atoms with Gasteiger partial charge >= 0.3 is 0 Å². The smallest absolute Gasteiger partial charge is 0.141 e. The van der Waals surface area contributed by atoms with Crippen LogP contribution in [-0.4, -0.2) is 26.5 Å². The average molecular weight is 249 g/mol.